The van der Waals surface area contributed by atoms with Crippen molar-refractivity contribution in [1.82, 2.24) is 0 Å². The highest BCUT2D eigenvalue weighted by Gasteiger charge is 2.13. The van der Waals surface area contributed by atoms with Crippen LogP contribution in [-0.4, -0.2) is 18.4 Å². The standard InChI is InChI=1S/C14H16O3/c1-10(15)9-17-14(16)13-7-6-11-4-2-3-5-12(11)8-13/h6-8H,2-5,9H2,1H3. The van der Waals surface area contributed by atoms with Crippen molar-refractivity contribution in [2.45, 2.75) is 32.6 Å². The Bertz CT molecular complexity index is 449. The number of ketones is 1. The second-order valence-corrected chi connectivity index (χ2v) is 4.47. The zero-order chi connectivity index (χ0) is 12.3. The second kappa shape index (κ2) is 5.13. The number of ether oxygens (including phenoxy) is 1. The third-order valence-electron chi connectivity index (χ3n) is 2.99. The largest absolute Gasteiger partial charge is 0.454 e. The van der Waals surface area contributed by atoms with Crippen LogP contribution in [0, 0.1) is 0 Å². The minimum atomic E-state index is -0.409. The molecule has 0 atom stereocenters. The van der Waals surface area contributed by atoms with Gasteiger partial charge in [0.05, 0.1) is 5.56 Å². The number of rotatable bonds is 3. The molecule has 1 aliphatic carbocycles. The van der Waals surface area contributed by atoms with E-state index < -0.39 is 5.97 Å². The first-order valence-electron chi connectivity index (χ1n) is 5.95. The molecule has 1 aromatic rings. The zero-order valence-electron chi connectivity index (χ0n) is 9.99. The summed E-state index contributed by atoms with van der Waals surface area (Å²) in [6.07, 6.45) is 4.53. The van der Waals surface area contributed by atoms with Crippen molar-refractivity contribution in [2.24, 2.45) is 0 Å². The smallest absolute Gasteiger partial charge is 0.338 e. The van der Waals surface area contributed by atoms with E-state index in [-0.39, 0.29) is 12.4 Å². The van der Waals surface area contributed by atoms with Gasteiger partial charge in [0, 0.05) is 0 Å². The lowest BCUT2D eigenvalue weighted by atomic mass is 9.90. The number of hydrogen-bond donors (Lipinski definition) is 0. The molecule has 0 amide bonds. The Morgan fingerprint density at radius 2 is 1.88 bits per heavy atom. The van der Waals surface area contributed by atoms with Crippen molar-refractivity contribution in [3.8, 4) is 0 Å². The average Bonchev–Trinajstić information content (AvgIpc) is 2.35. The minimum absolute atomic E-state index is 0.142. The Morgan fingerprint density at radius 3 is 2.59 bits per heavy atom. The molecule has 1 aromatic carbocycles. The molecule has 0 N–H and O–H groups in total. The van der Waals surface area contributed by atoms with Crippen molar-refractivity contribution in [3.05, 3.63) is 34.9 Å². The normalized spacial score (nSPS) is 13.9. The first-order chi connectivity index (χ1) is 8.16. The minimum Gasteiger partial charge on any atom is -0.454 e. The molecule has 90 valence electrons. The third kappa shape index (κ3) is 2.93. The third-order valence-corrected chi connectivity index (χ3v) is 2.99. The maximum atomic E-state index is 11.7. The number of carbonyl (C=O) groups excluding carboxylic acids is 2. The molecule has 0 unspecified atom stereocenters. The second-order valence-electron chi connectivity index (χ2n) is 4.47. The number of Topliss-reactive ketones (excluding diaryl/α,β-unsaturated/α-hetero) is 1. The summed E-state index contributed by atoms with van der Waals surface area (Å²) in [6.45, 7) is 1.26. The first kappa shape index (κ1) is 11.8. The average molecular weight is 232 g/mol. The van der Waals surface area contributed by atoms with Gasteiger partial charge in [-0.3, -0.25) is 4.79 Å². The maximum Gasteiger partial charge on any atom is 0.338 e. The highest BCUT2D eigenvalue weighted by Crippen LogP contribution is 2.22. The summed E-state index contributed by atoms with van der Waals surface area (Å²) in [5, 5.41) is 0. The molecule has 2 rings (SSSR count). The van der Waals surface area contributed by atoms with E-state index in [1.807, 2.05) is 12.1 Å². The van der Waals surface area contributed by atoms with Crippen LogP contribution in [0.5, 0.6) is 0 Å². The number of aryl methyl sites for hydroxylation is 2. The van der Waals surface area contributed by atoms with Crippen molar-refractivity contribution in [2.75, 3.05) is 6.61 Å². The van der Waals surface area contributed by atoms with Crippen molar-refractivity contribution >= 4 is 11.8 Å². The van der Waals surface area contributed by atoms with E-state index in [9.17, 15) is 9.59 Å². The quantitative estimate of drug-likeness (QED) is 0.751. The van der Waals surface area contributed by atoms with E-state index in [0.717, 1.165) is 12.8 Å². The molecule has 0 aromatic heterocycles. The highest BCUT2D eigenvalue weighted by atomic mass is 16.5. The summed E-state index contributed by atoms with van der Waals surface area (Å²) in [6, 6.07) is 5.68. The molecule has 0 saturated heterocycles. The SMILES string of the molecule is CC(=O)COC(=O)c1ccc2c(c1)CCCC2. The summed E-state index contributed by atoms with van der Waals surface area (Å²) in [4.78, 5) is 22.4. The zero-order valence-corrected chi connectivity index (χ0v) is 9.99. The predicted molar refractivity (Wildman–Crippen MR) is 64.0 cm³/mol. The van der Waals surface area contributed by atoms with Gasteiger partial charge in [-0.2, -0.15) is 0 Å². The predicted octanol–water partition coefficient (Wildman–Crippen LogP) is 2.31. The van der Waals surface area contributed by atoms with Gasteiger partial charge in [0.25, 0.3) is 0 Å². The summed E-state index contributed by atoms with van der Waals surface area (Å²) in [7, 11) is 0. The van der Waals surface area contributed by atoms with E-state index >= 15 is 0 Å². The van der Waals surface area contributed by atoms with E-state index in [0.29, 0.717) is 5.56 Å². The Hall–Kier alpha value is -1.64. The number of carbonyl (C=O) groups is 2. The molecule has 0 bridgehead atoms. The molecule has 0 radical (unpaired) electrons. The molecule has 0 heterocycles. The van der Waals surface area contributed by atoms with Gasteiger partial charge < -0.3 is 4.74 Å². The first-order valence-corrected chi connectivity index (χ1v) is 5.95. The monoisotopic (exact) mass is 232 g/mol. The molecule has 0 aliphatic heterocycles. The molecule has 0 saturated carbocycles. The van der Waals surface area contributed by atoms with Crippen LogP contribution in [0.2, 0.25) is 0 Å². The number of hydrogen-bond acceptors (Lipinski definition) is 3. The molecule has 1 aliphatic rings. The summed E-state index contributed by atoms with van der Waals surface area (Å²) in [5.74, 6) is -0.551. The maximum absolute atomic E-state index is 11.7. The fourth-order valence-electron chi connectivity index (χ4n) is 2.11. The van der Waals surface area contributed by atoms with Crippen LogP contribution in [0.15, 0.2) is 18.2 Å². The van der Waals surface area contributed by atoms with Gasteiger partial charge in [0.1, 0.15) is 6.61 Å². The van der Waals surface area contributed by atoms with Gasteiger partial charge >= 0.3 is 5.97 Å². The van der Waals surface area contributed by atoms with Crippen LogP contribution < -0.4 is 0 Å². The molecular formula is C14H16O3. The van der Waals surface area contributed by atoms with Gasteiger partial charge in [0.2, 0.25) is 0 Å². The fraction of sp³-hybridized carbons (Fsp3) is 0.429. The topological polar surface area (TPSA) is 43.4 Å². The van der Waals surface area contributed by atoms with Crippen molar-refractivity contribution in [1.29, 1.82) is 0 Å². The van der Waals surface area contributed by atoms with E-state index in [1.165, 1.54) is 30.9 Å². The van der Waals surface area contributed by atoms with Crippen LogP contribution in [0.4, 0.5) is 0 Å². The van der Waals surface area contributed by atoms with Crippen LogP contribution >= 0.6 is 0 Å². The number of benzene rings is 1. The molecule has 17 heavy (non-hydrogen) atoms. The lowest BCUT2D eigenvalue weighted by Crippen LogP contribution is -2.12. The van der Waals surface area contributed by atoms with E-state index in [4.69, 9.17) is 4.74 Å². The lowest BCUT2D eigenvalue weighted by Gasteiger charge is -2.16. The fourth-order valence-corrected chi connectivity index (χ4v) is 2.11. The van der Waals surface area contributed by atoms with Gasteiger partial charge in [-0.1, -0.05) is 6.07 Å². The van der Waals surface area contributed by atoms with Crippen LogP contribution in [-0.2, 0) is 22.4 Å². The van der Waals surface area contributed by atoms with E-state index in [1.54, 1.807) is 6.07 Å². The van der Waals surface area contributed by atoms with Gasteiger partial charge in [-0.25, -0.2) is 4.79 Å². The molecule has 0 spiro atoms. The lowest BCUT2D eigenvalue weighted by molar-refractivity contribution is -0.120. The number of esters is 1. The summed E-state index contributed by atoms with van der Waals surface area (Å²) >= 11 is 0. The Balaban J connectivity index is 2.11. The molecule has 3 nitrogen and oxygen atoms in total. The number of fused-ring (bicyclic) bond motifs is 1. The van der Waals surface area contributed by atoms with Crippen LogP contribution in [0.25, 0.3) is 0 Å². The Kier molecular flexibility index (Phi) is 3.57. The molecule has 3 heteroatoms. The molecule has 0 fully saturated rings. The highest BCUT2D eigenvalue weighted by molar-refractivity contribution is 5.91. The van der Waals surface area contributed by atoms with Crippen molar-refractivity contribution < 1.29 is 14.3 Å². The summed E-state index contributed by atoms with van der Waals surface area (Å²) < 4.78 is 4.89. The Morgan fingerprint density at radius 1 is 1.18 bits per heavy atom. The summed E-state index contributed by atoms with van der Waals surface area (Å²) in [5.41, 5.74) is 3.12. The Labute approximate surface area is 101 Å². The van der Waals surface area contributed by atoms with Gasteiger partial charge in [-0.15, -0.1) is 0 Å². The van der Waals surface area contributed by atoms with Crippen LogP contribution in [0.1, 0.15) is 41.3 Å². The van der Waals surface area contributed by atoms with E-state index in [2.05, 4.69) is 0 Å². The van der Waals surface area contributed by atoms with Crippen molar-refractivity contribution in [3.63, 3.8) is 0 Å². The van der Waals surface area contributed by atoms with Gasteiger partial charge in [0.15, 0.2) is 5.78 Å². The van der Waals surface area contributed by atoms with Gasteiger partial charge in [-0.05, 0) is 55.9 Å². The van der Waals surface area contributed by atoms with Crippen LogP contribution in [0.3, 0.4) is 0 Å². The molecular weight excluding hydrogens is 216 g/mol.